The number of esters is 1. The Hall–Kier alpha value is -3.68. The molecule has 0 aliphatic carbocycles. The fourth-order valence-corrected chi connectivity index (χ4v) is 5.57. The Kier molecular flexibility index (Phi) is 7.49. The quantitative estimate of drug-likeness (QED) is 0.398. The molecule has 0 bridgehead atoms. The number of hydrazine groups is 1. The van der Waals surface area contributed by atoms with Crippen molar-refractivity contribution >= 4 is 17.6 Å². The van der Waals surface area contributed by atoms with Crippen LogP contribution in [0.3, 0.4) is 0 Å². The minimum absolute atomic E-state index is 0.00208. The summed E-state index contributed by atoms with van der Waals surface area (Å²) in [5, 5.41) is 0. The molecular formula is C31H35N3O4. The summed E-state index contributed by atoms with van der Waals surface area (Å²) in [7, 11) is 0. The number of fused-ring (bicyclic) bond motifs is 1. The molecule has 4 atom stereocenters. The molecule has 0 saturated carbocycles. The lowest BCUT2D eigenvalue weighted by molar-refractivity contribution is -0.119. The second-order valence-electron chi connectivity index (χ2n) is 10.1. The maximum absolute atomic E-state index is 13.9. The Labute approximate surface area is 224 Å². The molecule has 2 N–H and O–H groups in total. The Morgan fingerprint density at radius 3 is 2.08 bits per heavy atom. The molecule has 3 aromatic carbocycles. The Morgan fingerprint density at radius 2 is 1.47 bits per heavy atom. The number of nitrogens with zero attached hydrogens (tertiary/aromatic N) is 1. The van der Waals surface area contributed by atoms with Gasteiger partial charge in [-0.15, -0.1) is 0 Å². The standard InChI is InChI=1S/C31H35N3O4/c1-5-37-25-17-13-21(14-18-25)27-26-28(33-32-27)30(35)34(24-15-11-23(12-16-24)31(36)38-6-2)29(26)22-9-7-20(8-10-22)19(3)4/h7-19,26-29,32-33H,5-6H2,1-4H3. The lowest BCUT2D eigenvalue weighted by atomic mass is 9.83. The van der Waals surface area contributed by atoms with Crippen LogP contribution in [0.15, 0.2) is 72.8 Å². The SMILES string of the molecule is CCOC(=O)c1ccc(N2C(=O)C3NNC(c4ccc(OCC)cc4)C3C2c2ccc(C(C)C)cc2)cc1. The van der Waals surface area contributed by atoms with Crippen LogP contribution in [0.2, 0.25) is 0 Å². The molecule has 38 heavy (non-hydrogen) atoms. The Balaban J connectivity index is 1.54. The van der Waals surface area contributed by atoms with Gasteiger partial charge in [-0.25, -0.2) is 15.6 Å². The molecule has 2 aliphatic rings. The van der Waals surface area contributed by atoms with Crippen LogP contribution < -0.4 is 20.5 Å². The van der Waals surface area contributed by atoms with E-state index in [9.17, 15) is 9.59 Å². The molecule has 2 aliphatic heterocycles. The van der Waals surface area contributed by atoms with Crippen molar-refractivity contribution in [2.45, 2.75) is 51.7 Å². The predicted octanol–water partition coefficient (Wildman–Crippen LogP) is 5.31. The summed E-state index contributed by atoms with van der Waals surface area (Å²) in [4.78, 5) is 28.0. The van der Waals surface area contributed by atoms with Gasteiger partial charge in [0, 0.05) is 11.6 Å². The summed E-state index contributed by atoms with van der Waals surface area (Å²) >= 11 is 0. The molecule has 0 spiro atoms. The van der Waals surface area contributed by atoms with Crippen molar-refractivity contribution < 1.29 is 19.1 Å². The number of rotatable bonds is 8. The van der Waals surface area contributed by atoms with Gasteiger partial charge in [0.15, 0.2) is 0 Å². The zero-order chi connectivity index (χ0) is 26.8. The van der Waals surface area contributed by atoms with Crippen LogP contribution in [-0.4, -0.2) is 31.1 Å². The van der Waals surface area contributed by atoms with Crippen molar-refractivity contribution in [3.05, 3.63) is 95.1 Å². The minimum atomic E-state index is -0.397. The molecular weight excluding hydrogens is 478 g/mol. The minimum Gasteiger partial charge on any atom is -0.494 e. The van der Waals surface area contributed by atoms with E-state index in [0.717, 1.165) is 22.6 Å². The highest BCUT2D eigenvalue weighted by atomic mass is 16.5. The Morgan fingerprint density at radius 1 is 0.842 bits per heavy atom. The number of benzene rings is 3. The van der Waals surface area contributed by atoms with Crippen LogP contribution in [0.1, 0.15) is 72.7 Å². The van der Waals surface area contributed by atoms with Crippen LogP contribution in [0.5, 0.6) is 5.75 Å². The van der Waals surface area contributed by atoms with Gasteiger partial charge >= 0.3 is 5.97 Å². The number of carbonyl (C=O) groups excluding carboxylic acids is 2. The van der Waals surface area contributed by atoms with E-state index < -0.39 is 6.04 Å². The van der Waals surface area contributed by atoms with Gasteiger partial charge in [0.25, 0.3) is 0 Å². The fourth-order valence-electron chi connectivity index (χ4n) is 5.57. The number of carbonyl (C=O) groups is 2. The normalized spacial score (nSPS) is 22.6. The summed E-state index contributed by atoms with van der Waals surface area (Å²) in [5.41, 5.74) is 11.3. The first-order chi connectivity index (χ1) is 18.4. The van der Waals surface area contributed by atoms with Gasteiger partial charge in [-0.1, -0.05) is 50.2 Å². The topological polar surface area (TPSA) is 79.9 Å². The van der Waals surface area contributed by atoms with E-state index in [0.29, 0.717) is 24.7 Å². The van der Waals surface area contributed by atoms with Crippen LogP contribution in [0.4, 0.5) is 5.69 Å². The highest BCUT2D eigenvalue weighted by Crippen LogP contribution is 2.49. The number of nitrogens with one attached hydrogen (secondary N) is 2. The van der Waals surface area contributed by atoms with Gasteiger partial charge in [-0.3, -0.25) is 4.79 Å². The molecule has 0 aromatic heterocycles. The summed E-state index contributed by atoms with van der Waals surface area (Å²) in [6, 6.07) is 23.1. The maximum Gasteiger partial charge on any atom is 0.338 e. The molecule has 7 heteroatoms. The van der Waals surface area contributed by atoms with E-state index in [1.807, 2.05) is 36.1 Å². The maximum atomic E-state index is 13.9. The summed E-state index contributed by atoms with van der Waals surface area (Å²) in [5.74, 6) is 0.809. The molecule has 2 fully saturated rings. The highest BCUT2D eigenvalue weighted by molar-refractivity contribution is 6.02. The first-order valence-corrected chi connectivity index (χ1v) is 13.4. The van der Waals surface area contributed by atoms with E-state index in [1.54, 1.807) is 19.1 Å². The second-order valence-corrected chi connectivity index (χ2v) is 10.1. The van der Waals surface area contributed by atoms with E-state index in [4.69, 9.17) is 9.47 Å². The molecule has 2 saturated heterocycles. The van der Waals surface area contributed by atoms with Crippen LogP contribution in [0, 0.1) is 5.92 Å². The summed E-state index contributed by atoms with van der Waals surface area (Å²) < 4.78 is 10.8. The lowest BCUT2D eigenvalue weighted by Gasteiger charge is -2.31. The number of amides is 1. The average molecular weight is 514 g/mol. The molecule has 198 valence electrons. The highest BCUT2D eigenvalue weighted by Gasteiger charge is 2.56. The first-order valence-electron chi connectivity index (χ1n) is 13.4. The molecule has 5 rings (SSSR count). The van der Waals surface area contributed by atoms with E-state index in [2.05, 4.69) is 61.1 Å². The van der Waals surface area contributed by atoms with E-state index in [1.165, 1.54) is 5.56 Å². The Bertz CT molecular complexity index is 1270. The second kappa shape index (κ2) is 11.0. The molecule has 7 nitrogen and oxygen atoms in total. The summed E-state index contributed by atoms with van der Waals surface area (Å²) in [6.07, 6.45) is 0. The van der Waals surface area contributed by atoms with Gasteiger partial charge in [0.2, 0.25) is 5.91 Å². The molecule has 2 heterocycles. The fraction of sp³-hybridized carbons (Fsp3) is 0.355. The zero-order valence-electron chi connectivity index (χ0n) is 22.3. The van der Waals surface area contributed by atoms with Crippen LogP contribution in [-0.2, 0) is 9.53 Å². The van der Waals surface area contributed by atoms with Gasteiger partial charge in [0.05, 0.1) is 30.9 Å². The van der Waals surface area contributed by atoms with Crippen LogP contribution >= 0.6 is 0 Å². The third-order valence-corrected chi connectivity index (χ3v) is 7.46. The van der Waals surface area contributed by atoms with E-state index >= 15 is 0 Å². The van der Waals surface area contributed by atoms with Gasteiger partial charge in [-0.2, -0.15) is 0 Å². The summed E-state index contributed by atoms with van der Waals surface area (Å²) in [6.45, 7) is 9.02. The number of ether oxygens (including phenoxy) is 2. The van der Waals surface area contributed by atoms with Gasteiger partial charge in [0.1, 0.15) is 11.8 Å². The van der Waals surface area contributed by atoms with Crippen molar-refractivity contribution in [3.8, 4) is 5.75 Å². The molecule has 1 amide bonds. The van der Waals surface area contributed by atoms with Crippen LogP contribution in [0.25, 0.3) is 0 Å². The predicted molar refractivity (Wildman–Crippen MR) is 147 cm³/mol. The van der Waals surface area contributed by atoms with Crippen molar-refractivity contribution in [2.75, 3.05) is 18.1 Å². The van der Waals surface area contributed by atoms with Crippen molar-refractivity contribution in [1.82, 2.24) is 10.9 Å². The zero-order valence-corrected chi connectivity index (χ0v) is 22.3. The average Bonchev–Trinajstić information content (AvgIpc) is 3.48. The first kappa shape index (κ1) is 25.9. The lowest BCUT2D eigenvalue weighted by Crippen LogP contribution is -2.41. The molecule has 3 aromatic rings. The van der Waals surface area contributed by atoms with Gasteiger partial charge in [-0.05, 0) is 72.9 Å². The van der Waals surface area contributed by atoms with Gasteiger partial charge < -0.3 is 14.4 Å². The van der Waals surface area contributed by atoms with E-state index in [-0.39, 0.29) is 29.9 Å². The van der Waals surface area contributed by atoms with Crippen molar-refractivity contribution in [1.29, 1.82) is 0 Å². The largest absolute Gasteiger partial charge is 0.494 e. The molecule has 0 radical (unpaired) electrons. The number of hydrogen-bond acceptors (Lipinski definition) is 6. The van der Waals surface area contributed by atoms with Crippen molar-refractivity contribution in [2.24, 2.45) is 5.92 Å². The monoisotopic (exact) mass is 513 g/mol. The number of hydrogen-bond donors (Lipinski definition) is 2. The molecule has 4 unspecified atom stereocenters. The smallest absolute Gasteiger partial charge is 0.338 e. The van der Waals surface area contributed by atoms with Crippen molar-refractivity contribution in [3.63, 3.8) is 0 Å². The third-order valence-electron chi connectivity index (χ3n) is 7.46. The number of anilines is 1. The third kappa shape index (κ3) is 4.79.